The lowest BCUT2D eigenvalue weighted by molar-refractivity contribution is -0.142. The zero-order valence-corrected chi connectivity index (χ0v) is 42.0. The van der Waals surface area contributed by atoms with Crippen LogP contribution in [0.4, 0.5) is 0 Å². The second kappa shape index (κ2) is 32.4. The molecule has 0 fully saturated rings. The molecule has 7 amide bonds. The van der Waals surface area contributed by atoms with E-state index in [-0.39, 0.29) is 93.1 Å². The first kappa shape index (κ1) is 62.5. The molecule has 0 heterocycles. The Morgan fingerprint density at radius 3 is 1.46 bits per heavy atom. The van der Waals surface area contributed by atoms with E-state index in [9.17, 15) is 58.5 Å². The predicted octanol–water partition coefficient (Wildman–Crippen LogP) is -3.73. The van der Waals surface area contributed by atoms with Crippen LogP contribution in [0.3, 0.4) is 0 Å². The molecule has 0 saturated heterocycles. The van der Waals surface area contributed by atoms with Gasteiger partial charge in [-0.3, -0.25) is 48.3 Å². The van der Waals surface area contributed by atoms with Crippen molar-refractivity contribution in [1.29, 1.82) is 0 Å². The number of hydrogen-bond donors (Lipinski definition) is 17. The van der Waals surface area contributed by atoms with Gasteiger partial charge in [0.2, 0.25) is 41.4 Å². The molecule has 1 aromatic carbocycles. The SMILES string of the molecule is CC[C@H](C)[C@H](NC(=O)[C@H](Cc1ccc(O)cc1)NC(=O)[C@H](CC(C)C)NC(=O)[C@@H](N)CS)C(=O)N[C@@H](CC(=O)O)C(=O)N[C@@H](CCCN=C(N)N)C(=O)N[C@@H](CCCN=C(N)N)C(=O)N[C@@H](CS)C(=O)O. The number of phenols is 1. The highest BCUT2D eigenvalue weighted by molar-refractivity contribution is 7.80. The van der Waals surface area contributed by atoms with Crippen molar-refractivity contribution < 1.29 is 58.5 Å². The molecule has 71 heavy (non-hydrogen) atoms. The summed E-state index contributed by atoms with van der Waals surface area (Å²) in [5, 5.41) is 46.7. The fourth-order valence-electron chi connectivity index (χ4n) is 6.56. The average molecular weight is 1040 g/mol. The number of carbonyl (C=O) groups is 9. The Bertz CT molecular complexity index is 2020. The van der Waals surface area contributed by atoms with Crippen molar-refractivity contribution in [3.63, 3.8) is 0 Å². The minimum absolute atomic E-state index is 0.0162. The minimum atomic E-state index is -1.88. The van der Waals surface area contributed by atoms with E-state index >= 15 is 0 Å². The molecular formula is C43H72N14O12S2. The maximum atomic E-state index is 14.3. The molecule has 398 valence electrons. The van der Waals surface area contributed by atoms with Gasteiger partial charge in [0.05, 0.1) is 12.5 Å². The number of carboxylic acids is 2. The van der Waals surface area contributed by atoms with Crippen LogP contribution in [0.15, 0.2) is 34.3 Å². The number of aliphatic imine (C=N–C) groups is 2. The third-order valence-corrected chi connectivity index (χ3v) is 11.4. The number of aliphatic carboxylic acids is 2. The lowest BCUT2D eigenvalue weighted by Gasteiger charge is -2.29. The summed E-state index contributed by atoms with van der Waals surface area (Å²) in [6.07, 6.45) is -0.946. The Morgan fingerprint density at radius 2 is 1.03 bits per heavy atom. The molecule has 1 rings (SSSR count). The summed E-state index contributed by atoms with van der Waals surface area (Å²) in [6, 6.07) is -5.59. The fraction of sp³-hybridized carbons (Fsp3) is 0.605. The van der Waals surface area contributed by atoms with Gasteiger partial charge in [0, 0.05) is 31.0 Å². The number of hydrogen-bond acceptors (Lipinski definition) is 15. The van der Waals surface area contributed by atoms with E-state index < -0.39 is 114 Å². The molecule has 28 heteroatoms. The van der Waals surface area contributed by atoms with Crippen molar-refractivity contribution in [3.8, 4) is 5.75 Å². The molecule has 0 aliphatic rings. The van der Waals surface area contributed by atoms with Gasteiger partial charge in [0.15, 0.2) is 11.9 Å². The van der Waals surface area contributed by atoms with E-state index in [1.165, 1.54) is 24.3 Å². The number of amides is 7. The first-order valence-electron chi connectivity index (χ1n) is 22.8. The maximum Gasteiger partial charge on any atom is 0.327 e. The van der Waals surface area contributed by atoms with Gasteiger partial charge in [-0.15, -0.1) is 0 Å². The van der Waals surface area contributed by atoms with Gasteiger partial charge >= 0.3 is 11.9 Å². The van der Waals surface area contributed by atoms with Gasteiger partial charge in [-0.1, -0.05) is 46.2 Å². The molecule has 1 aromatic rings. The average Bonchev–Trinajstić information content (AvgIpc) is 3.30. The molecular weight excluding hydrogens is 969 g/mol. The van der Waals surface area contributed by atoms with Crippen LogP contribution in [-0.4, -0.2) is 153 Å². The number of phenolic OH excluding ortho intramolecular Hbond substituents is 1. The van der Waals surface area contributed by atoms with Crippen molar-refractivity contribution in [3.05, 3.63) is 29.8 Å². The zero-order chi connectivity index (χ0) is 54.0. The highest BCUT2D eigenvalue weighted by Crippen LogP contribution is 2.15. The topological polar surface area (TPSA) is 453 Å². The van der Waals surface area contributed by atoms with Gasteiger partial charge in [-0.05, 0) is 61.6 Å². The first-order chi connectivity index (χ1) is 33.3. The highest BCUT2D eigenvalue weighted by Gasteiger charge is 2.36. The second-order valence-corrected chi connectivity index (χ2v) is 17.8. The number of thiol groups is 2. The number of nitrogens with two attached hydrogens (primary N) is 5. The minimum Gasteiger partial charge on any atom is -0.508 e. The van der Waals surface area contributed by atoms with Crippen molar-refractivity contribution in [2.45, 2.75) is 127 Å². The number of nitrogens with zero attached hydrogens (tertiary/aromatic N) is 2. The molecule has 9 atom stereocenters. The van der Waals surface area contributed by atoms with Gasteiger partial charge in [0.1, 0.15) is 48.0 Å². The number of nitrogens with one attached hydrogen (secondary N) is 7. The van der Waals surface area contributed by atoms with Crippen LogP contribution < -0.4 is 65.9 Å². The largest absolute Gasteiger partial charge is 0.508 e. The van der Waals surface area contributed by atoms with E-state index in [0.29, 0.717) is 5.56 Å². The normalized spacial score (nSPS) is 14.8. The van der Waals surface area contributed by atoms with Crippen molar-refractivity contribution >= 4 is 90.5 Å². The highest BCUT2D eigenvalue weighted by atomic mass is 32.1. The number of rotatable bonds is 33. The van der Waals surface area contributed by atoms with Crippen LogP contribution in [-0.2, 0) is 49.6 Å². The molecule has 0 unspecified atom stereocenters. The number of carboxylic acid groups (broad SMARTS) is 2. The summed E-state index contributed by atoms with van der Waals surface area (Å²) in [4.78, 5) is 128. The molecule has 0 bridgehead atoms. The molecule has 0 spiro atoms. The monoisotopic (exact) mass is 1040 g/mol. The summed E-state index contributed by atoms with van der Waals surface area (Å²) in [6.45, 7) is 6.89. The third kappa shape index (κ3) is 24.2. The summed E-state index contributed by atoms with van der Waals surface area (Å²) in [7, 11) is 0. The number of benzene rings is 1. The first-order valence-corrected chi connectivity index (χ1v) is 24.0. The second-order valence-electron chi connectivity index (χ2n) is 17.0. The molecule has 0 aliphatic heterocycles. The lowest BCUT2D eigenvalue weighted by Crippen LogP contribution is -2.61. The van der Waals surface area contributed by atoms with E-state index in [1.54, 1.807) is 13.8 Å². The zero-order valence-electron chi connectivity index (χ0n) is 40.3. The van der Waals surface area contributed by atoms with E-state index in [0.717, 1.165) is 0 Å². The lowest BCUT2D eigenvalue weighted by atomic mass is 9.96. The van der Waals surface area contributed by atoms with Gasteiger partial charge in [0.25, 0.3) is 0 Å². The fourth-order valence-corrected chi connectivity index (χ4v) is 6.98. The quantitative estimate of drug-likeness (QED) is 0.0139. The third-order valence-electron chi connectivity index (χ3n) is 10.6. The van der Waals surface area contributed by atoms with Gasteiger partial charge < -0.3 is 81.2 Å². The Kier molecular flexibility index (Phi) is 28.5. The van der Waals surface area contributed by atoms with E-state index in [2.05, 4.69) is 72.5 Å². The Labute approximate surface area is 422 Å². The molecule has 0 aromatic heterocycles. The number of guanidine groups is 2. The van der Waals surface area contributed by atoms with Crippen LogP contribution in [0, 0.1) is 11.8 Å². The maximum absolute atomic E-state index is 14.3. The standard InChI is InChI=1S/C43H72N14O12S2/c1-5-22(4)33(57-39(66)29(17-23-10-12-24(58)13-11-23)54-37(64)28(16-21(2)3)53-34(61)25(44)19-70)40(67)55-30(18-32(59)60)38(65)52-26(8-6-14-49-42(45)46)35(62)51-27(9-7-15-50-43(47)48)36(63)56-31(20-71)41(68)69/h10-13,21-22,25-31,33,58,70-71H,5-9,14-20,44H2,1-4H3,(H,51,62)(H,52,65)(H,53,61)(H,54,64)(H,55,67)(H,56,63)(H,57,66)(H,59,60)(H,68,69)(H4,45,46,49)(H4,47,48,50)/t22-,25-,26-,27-,28-,29-,30-,31-,33-/m0/s1. The smallest absolute Gasteiger partial charge is 0.327 e. The predicted molar refractivity (Wildman–Crippen MR) is 270 cm³/mol. The Balaban J connectivity index is 3.62. The van der Waals surface area contributed by atoms with Crippen molar-refractivity contribution in [2.75, 3.05) is 24.6 Å². The Morgan fingerprint density at radius 1 is 0.592 bits per heavy atom. The molecule has 0 aliphatic carbocycles. The van der Waals surface area contributed by atoms with Crippen LogP contribution in [0.1, 0.15) is 78.2 Å². The summed E-state index contributed by atoms with van der Waals surface area (Å²) >= 11 is 8.01. The van der Waals surface area contributed by atoms with Crippen molar-refractivity contribution in [2.24, 2.45) is 50.5 Å². The van der Waals surface area contributed by atoms with Crippen LogP contribution in [0.25, 0.3) is 0 Å². The summed E-state index contributed by atoms with van der Waals surface area (Å²) in [5.74, 6) is -11.0. The summed E-state index contributed by atoms with van der Waals surface area (Å²) in [5.41, 5.74) is 28.0. The van der Waals surface area contributed by atoms with Gasteiger partial charge in [-0.2, -0.15) is 25.3 Å². The number of carbonyl (C=O) groups excluding carboxylic acids is 7. The molecule has 20 N–H and O–H groups in total. The van der Waals surface area contributed by atoms with Crippen LogP contribution in [0.2, 0.25) is 0 Å². The van der Waals surface area contributed by atoms with Crippen LogP contribution in [0.5, 0.6) is 5.75 Å². The van der Waals surface area contributed by atoms with Gasteiger partial charge in [-0.25, -0.2) is 4.79 Å². The Hall–Kier alpha value is -6.55. The van der Waals surface area contributed by atoms with E-state index in [1.807, 2.05) is 13.8 Å². The molecule has 0 saturated carbocycles. The number of aromatic hydroxyl groups is 1. The molecule has 0 radical (unpaired) electrons. The molecule has 26 nitrogen and oxygen atoms in total. The van der Waals surface area contributed by atoms with Crippen LogP contribution >= 0.6 is 25.3 Å². The van der Waals surface area contributed by atoms with Crippen molar-refractivity contribution in [1.82, 2.24) is 37.2 Å². The van der Waals surface area contributed by atoms with E-state index in [4.69, 9.17) is 28.7 Å². The summed E-state index contributed by atoms with van der Waals surface area (Å²) < 4.78 is 0.